The zero-order valence-electron chi connectivity index (χ0n) is 10.2. The summed E-state index contributed by atoms with van der Waals surface area (Å²) in [7, 11) is 0. The Morgan fingerprint density at radius 3 is 2.94 bits per heavy atom. The van der Waals surface area contributed by atoms with Crippen molar-refractivity contribution < 1.29 is 4.79 Å². The minimum Gasteiger partial charge on any atom is -0.317 e. The van der Waals surface area contributed by atoms with Crippen LogP contribution >= 0.6 is 0 Å². The van der Waals surface area contributed by atoms with Crippen LogP contribution in [-0.2, 0) is 11.2 Å². The fourth-order valence-corrected chi connectivity index (χ4v) is 1.50. The summed E-state index contributed by atoms with van der Waals surface area (Å²) in [6.07, 6.45) is 2.44. The number of rotatable bonds is 7. The first-order valence-corrected chi connectivity index (χ1v) is 5.76. The maximum atomic E-state index is 11.6. The van der Waals surface area contributed by atoms with Crippen LogP contribution in [0.4, 0.5) is 0 Å². The summed E-state index contributed by atoms with van der Waals surface area (Å²) in [4.78, 5) is 15.8. The summed E-state index contributed by atoms with van der Waals surface area (Å²) in [5.74, 6) is 0.965. The molecule has 0 aliphatic carbocycles. The zero-order valence-corrected chi connectivity index (χ0v) is 10.2. The molecule has 1 aromatic rings. The molecule has 0 saturated carbocycles. The number of hydrogen-bond acceptors (Lipinski definition) is 4. The Hall–Kier alpha value is -1.23. The SMILES string of the molecule is CCNCCC(=O)Cc1ncnn1C(C)C. The summed E-state index contributed by atoms with van der Waals surface area (Å²) in [6, 6.07) is 0.249. The van der Waals surface area contributed by atoms with E-state index >= 15 is 0 Å². The molecule has 0 spiro atoms. The van der Waals surface area contributed by atoms with Crippen LogP contribution in [0.1, 0.15) is 39.1 Å². The fraction of sp³-hybridized carbons (Fsp3) is 0.727. The van der Waals surface area contributed by atoms with E-state index in [0.717, 1.165) is 18.9 Å². The summed E-state index contributed by atoms with van der Waals surface area (Å²) >= 11 is 0. The van der Waals surface area contributed by atoms with Crippen molar-refractivity contribution in [1.29, 1.82) is 0 Å². The molecule has 1 N–H and O–H groups in total. The average Bonchev–Trinajstić information content (AvgIpc) is 2.66. The number of ketones is 1. The van der Waals surface area contributed by atoms with Crippen LogP contribution < -0.4 is 5.32 Å². The molecule has 1 rings (SSSR count). The van der Waals surface area contributed by atoms with E-state index in [4.69, 9.17) is 0 Å². The van der Waals surface area contributed by atoms with Crippen molar-refractivity contribution in [1.82, 2.24) is 20.1 Å². The van der Waals surface area contributed by atoms with Gasteiger partial charge < -0.3 is 5.32 Å². The van der Waals surface area contributed by atoms with Crippen molar-refractivity contribution >= 4 is 5.78 Å². The van der Waals surface area contributed by atoms with Gasteiger partial charge in [-0.2, -0.15) is 5.10 Å². The first-order valence-electron chi connectivity index (χ1n) is 5.76. The lowest BCUT2D eigenvalue weighted by Crippen LogP contribution is -2.20. The molecular formula is C11H20N4O. The number of nitrogens with zero attached hydrogens (tertiary/aromatic N) is 3. The first-order chi connectivity index (χ1) is 7.65. The lowest BCUT2D eigenvalue weighted by Gasteiger charge is -2.08. The van der Waals surface area contributed by atoms with Crippen molar-refractivity contribution in [3.8, 4) is 0 Å². The minimum atomic E-state index is 0.204. The fourth-order valence-electron chi connectivity index (χ4n) is 1.50. The number of aromatic nitrogens is 3. The Bertz CT molecular complexity index is 332. The minimum absolute atomic E-state index is 0.204. The van der Waals surface area contributed by atoms with Gasteiger partial charge in [-0.3, -0.25) is 4.79 Å². The van der Waals surface area contributed by atoms with E-state index in [1.165, 1.54) is 6.33 Å². The Balaban J connectivity index is 2.46. The molecule has 16 heavy (non-hydrogen) atoms. The topological polar surface area (TPSA) is 59.8 Å². The normalized spacial score (nSPS) is 11.0. The van der Waals surface area contributed by atoms with Gasteiger partial charge in [-0.1, -0.05) is 6.92 Å². The summed E-state index contributed by atoms with van der Waals surface area (Å²) in [5, 5.41) is 7.24. The highest BCUT2D eigenvalue weighted by molar-refractivity contribution is 5.80. The van der Waals surface area contributed by atoms with Crippen molar-refractivity contribution in [2.75, 3.05) is 13.1 Å². The smallest absolute Gasteiger partial charge is 0.141 e. The number of hydrogen-bond donors (Lipinski definition) is 1. The highest BCUT2D eigenvalue weighted by Gasteiger charge is 2.11. The van der Waals surface area contributed by atoms with Crippen molar-refractivity contribution in [2.24, 2.45) is 0 Å². The number of carbonyl (C=O) groups excluding carboxylic acids is 1. The Morgan fingerprint density at radius 2 is 2.31 bits per heavy atom. The van der Waals surface area contributed by atoms with E-state index in [2.05, 4.69) is 15.4 Å². The number of carbonyl (C=O) groups is 1. The molecule has 0 aliphatic rings. The van der Waals surface area contributed by atoms with Crippen LogP contribution in [0.15, 0.2) is 6.33 Å². The van der Waals surface area contributed by atoms with Crippen LogP contribution in [0.25, 0.3) is 0 Å². The van der Waals surface area contributed by atoms with E-state index in [-0.39, 0.29) is 11.8 Å². The third-order valence-electron chi connectivity index (χ3n) is 2.32. The molecule has 0 bridgehead atoms. The molecule has 5 heteroatoms. The second-order valence-electron chi connectivity index (χ2n) is 4.03. The van der Waals surface area contributed by atoms with Gasteiger partial charge in [-0.25, -0.2) is 9.67 Å². The Kier molecular flexibility index (Phi) is 5.11. The lowest BCUT2D eigenvalue weighted by atomic mass is 10.2. The molecule has 1 heterocycles. The van der Waals surface area contributed by atoms with Crippen LogP contribution in [0.5, 0.6) is 0 Å². The molecule has 0 fully saturated rings. The van der Waals surface area contributed by atoms with Gasteiger partial charge in [0.05, 0.1) is 6.42 Å². The number of Topliss-reactive ketones (excluding diaryl/α,β-unsaturated/α-hetero) is 1. The summed E-state index contributed by atoms with van der Waals surface area (Å²) < 4.78 is 1.80. The second kappa shape index (κ2) is 6.37. The lowest BCUT2D eigenvalue weighted by molar-refractivity contribution is -0.118. The predicted octanol–water partition coefficient (Wildman–Crippen LogP) is 0.970. The highest BCUT2D eigenvalue weighted by Crippen LogP contribution is 2.06. The standard InChI is InChI=1S/C11H20N4O/c1-4-12-6-5-10(16)7-11-13-8-14-15(11)9(2)3/h8-9,12H,4-7H2,1-3H3. The monoisotopic (exact) mass is 224 g/mol. The maximum absolute atomic E-state index is 11.6. The largest absolute Gasteiger partial charge is 0.317 e. The summed E-state index contributed by atoms with van der Waals surface area (Å²) in [5.41, 5.74) is 0. The molecule has 0 atom stereocenters. The molecule has 0 saturated heterocycles. The molecule has 90 valence electrons. The van der Waals surface area contributed by atoms with Crippen molar-refractivity contribution in [3.63, 3.8) is 0 Å². The van der Waals surface area contributed by atoms with Crippen LogP contribution in [0, 0.1) is 0 Å². The average molecular weight is 224 g/mol. The van der Waals surface area contributed by atoms with E-state index in [1.807, 2.05) is 20.8 Å². The molecule has 0 radical (unpaired) electrons. The van der Waals surface area contributed by atoms with Crippen LogP contribution in [0.3, 0.4) is 0 Å². The maximum Gasteiger partial charge on any atom is 0.141 e. The molecule has 0 amide bonds. The van der Waals surface area contributed by atoms with Gasteiger partial charge in [0.15, 0.2) is 0 Å². The zero-order chi connectivity index (χ0) is 12.0. The van der Waals surface area contributed by atoms with Crippen LogP contribution in [0.2, 0.25) is 0 Å². The van der Waals surface area contributed by atoms with Crippen LogP contribution in [-0.4, -0.2) is 33.6 Å². The van der Waals surface area contributed by atoms with Gasteiger partial charge in [-0.05, 0) is 20.4 Å². The van der Waals surface area contributed by atoms with Gasteiger partial charge in [-0.15, -0.1) is 0 Å². The number of nitrogens with one attached hydrogen (secondary N) is 1. The third kappa shape index (κ3) is 3.73. The molecule has 1 aromatic heterocycles. The van der Waals surface area contributed by atoms with Gasteiger partial charge in [0.2, 0.25) is 0 Å². The van der Waals surface area contributed by atoms with Gasteiger partial charge >= 0.3 is 0 Å². The second-order valence-corrected chi connectivity index (χ2v) is 4.03. The van der Waals surface area contributed by atoms with Crippen molar-refractivity contribution in [2.45, 2.75) is 39.7 Å². The molecule has 0 unspecified atom stereocenters. The van der Waals surface area contributed by atoms with E-state index in [1.54, 1.807) is 4.68 Å². The summed E-state index contributed by atoms with van der Waals surface area (Å²) in [6.45, 7) is 7.73. The quantitative estimate of drug-likeness (QED) is 0.701. The Morgan fingerprint density at radius 1 is 1.56 bits per heavy atom. The van der Waals surface area contributed by atoms with E-state index < -0.39 is 0 Å². The molecular weight excluding hydrogens is 204 g/mol. The third-order valence-corrected chi connectivity index (χ3v) is 2.32. The molecule has 0 aromatic carbocycles. The van der Waals surface area contributed by atoms with Gasteiger partial charge in [0, 0.05) is 19.0 Å². The van der Waals surface area contributed by atoms with Crippen molar-refractivity contribution in [3.05, 3.63) is 12.2 Å². The highest BCUT2D eigenvalue weighted by atomic mass is 16.1. The Labute approximate surface area is 96.3 Å². The molecule has 5 nitrogen and oxygen atoms in total. The first kappa shape index (κ1) is 12.8. The molecule has 0 aliphatic heterocycles. The van der Waals surface area contributed by atoms with Gasteiger partial charge in [0.25, 0.3) is 0 Å². The van der Waals surface area contributed by atoms with Gasteiger partial charge in [0.1, 0.15) is 17.9 Å². The predicted molar refractivity (Wildman–Crippen MR) is 62.3 cm³/mol. The van der Waals surface area contributed by atoms with E-state index in [9.17, 15) is 4.79 Å². The van der Waals surface area contributed by atoms with E-state index in [0.29, 0.717) is 12.8 Å².